The largest absolute Gasteiger partial charge is 0.386 e. The molecule has 7 heteroatoms. The molecule has 2 rings (SSSR count). The highest BCUT2D eigenvalue weighted by Crippen LogP contribution is 2.11. The molecule has 0 saturated carbocycles. The summed E-state index contributed by atoms with van der Waals surface area (Å²) in [6.45, 7) is 0.494. The molecule has 0 spiro atoms. The number of nitrogens with zero attached hydrogens (tertiary/aromatic N) is 4. The van der Waals surface area contributed by atoms with E-state index in [4.69, 9.17) is 0 Å². The molecule has 0 bridgehead atoms. The van der Waals surface area contributed by atoms with E-state index in [0.717, 1.165) is 0 Å². The molecule has 0 unspecified atom stereocenters. The fourth-order valence-electron chi connectivity index (χ4n) is 1.67. The molecule has 0 aliphatic heterocycles. The van der Waals surface area contributed by atoms with Crippen LogP contribution in [0.4, 0.5) is 5.69 Å². The maximum absolute atomic E-state index is 12.0. The van der Waals surface area contributed by atoms with Gasteiger partial charge in [0.05, 0.1) is 17.4 Å². The summed E-state index contributed by atoms with van der Waals surface area (Å²) in [5.74, 6) is 0.578. The normalized spacial score (nSPS) is 10.2. The number of aryl methyl sites for hydroxylation is 1. The second-order valence-electron chi connectivity index (χ2n) is 4.01. The molecule has 2 heterocycles. The third-order valence-corrected chi connectivity index (χ3v) is 2.62. The summed E-state index contributed by atoms with van der Waals surface area (Å²) in [6, 6.07) is 1.68. The Labute approximate surface area is 111 Å². The zero-order valence-corrected chi connectivity index (χ0v) is 10.9. The lowest BCUT2D eigenvalue weighted by Gasteiger charge is -2.08. The summed E-state index contributed by atoms with van der Waals surface area (Å²) in [5, 5.41) is 9.92. The number of anilines is 1. The van der Waals surface area contributed by atoms with E-state index in [1.165, 1.54) is 0 Å². The van der Waals surface area contributed by atoms with E-state index in [1.807, 2.05) is 7.05 Å². The van der Waals surface area contributed by atoms with Crippen molar-refractivity contribution in [2.75, 3.05) is 18.9 Å². The Hall–Kier alpha value is -2.44. The number of nitrogens with one attached hydrogen (secondary N) is 2. The number of carbonyl (C=O) groups excluding carboxylic acids is 1. The van der Waals surface area contributed by atoms with Gasteiger partial charge in [-0.25, -0.2) is 4.98 Å². The molecule has 1 amide bonds. The first-order chi connectivity index (χ1) is 9.20. The van der Waals surface area contributed by atoms with Gasteiger partial charge in [0.25, 0.3) is 5.91 Å². The van der Waals surface area contributed by atoms with Gasteiger partial charge < -0.3 is 10.6 Å². The average Bonchev–Trinajstić information content (AvgIpc) is 2.84. The fourth-order valence-corrected chi connectivity index (χ4v) is 1.67. The number of carbonyl (C=O) groups is 1. The molecule has 19 heavy (non-hydrogen) atoms. The second kappa shape index (κ2) is 5.94. The van der Waals surface area contributed by atoms with Gasteiger partial charge in [0, 0.05) is 33.3 Å². The van der Waals surface area contributed by atoms with Crippen molar-refractivity contribution < 1.29 is 4.79 Å². The minimum atomic E-state index is -0.136. The van der Waals surface area contributed by atoms with Crippen LogP contribution in [0.2, 0.25) is 0 Å². The molecule has 0 fully saturated rings. The van der Waals surface area contributed by atoms with Crippen molar-refractivity contribution in [1.82, 2.24) is 25.1 Å². The zero-order valence-electron chi connectivity index (χ0n) is 10.9. The van der Waals surface area contributed by atoms with E-state index in [2.05, 4.69) is 25.7 Å². The van der Waals surface area contributed by atoms with E-state index in [-0.39, 0.29) is 5.91 Å². The highest BCUT2D eigenvalue weighted by molar-refractivity contribution is 5.99. The Morgan fingerprint density at radius 1 is 1.47 bits per heavy atom. The third-order valence-electron chi connectivity index (χ3n) is 2.62. The van der Waals surface area contributed by atoms with Gasteiger partial charge in [-0.1, -0.05) is 0 Å². The Morgan fingerprint density at radius 3 is 3.00 bits per heavy atom. The first kappa shape index (κ1) is 13.0. The molecule has 0 aliphatic rings. The average molecular weight is 260 g/mol. The minimum absolute atomic E-state index is 0.136. The van der Waals surface area contributed by atoms with Crippen molar-refractivity contribution in [3.63, 3.8) is 0 Å². The van der Waals surface area contributed by atoms with Gasteiger partial charge in [0.15, 0.2) is 5.82 Å². The zero-order chi connectivity index (χ0) is 13.7. The predicted molar refractivity (Wildman–Crippen MR) is 70.8 cm³/mol. The monoisotopic (exact) mass is 260 g/mol. The van der Waals surface area contributed by atoms with Crippen molar-refractivity contribution in [1.29, 1.82) is 0 Å². The number of hydrogen-bond donors (Lipinski definition) is 2. The Morgan fingerprint density at radius 2 is 2.32 bits per heavy atom. The molecule has 2 aromatic rings. The highest BCUT2D eigenvalue weighted by atomic mass is 16.1. The molecular formula is C12H16N6O. The molecule has 0 aromatic carbocycles. The standard InChI is InChI=1S/C12H16N6O/c1-13-10-7-14-5-3-9(10)12(19)15-6-4-11-16-8-18(2)17-11/h3,5,7-8,13H,4,6H2,1-2H3,(H,15,19). The first-order valence-electron chi connectivity index (χ1n) is 5.95. The van der Waals surface area contributed by atoms with Crippen molar-refractivity contribution in [2.24, 2.45) is 7.05 Å². The van der Waals surface area contributed by atoms with Crippen LogP contribution >= 0.6 is 0 Å². The van der Waals surface area contributed by atoms with Crippen LogP contribution in [-0.4, -0.2) is 39.2 Å². The van der Waals surface area contributed by atoms with Crippen LogP contribution < -0.4 is 10.6 Å². The number of rotatable bonds is 5. The number of pyridine rings is 1. The van der Waals surface area contributed by atoms with Gasteiger partial charge >= 0.3 is 0 Å². The quantitative estimate of drug-likeness (QED) is 0.803. The minimum Gasteiger partial charge on any atom is -0.386 e. The summed E-state index contributed by atoms with van der Waals surface area (Å²) < 4.78 is 1.64. The van der Waals surface area contributed by atoms with E-state index >= 15 is 0 Å². The lowest BCUT2D eigenvalue weighted by Crippen LogP contribution is -2.26. The molecule has 0 radical (unpaired) electrons. The summed E-state index contributed by atoms with van der Waals surface area (Å²) in [7, 11) is 3.57. The number of amides is 1. The van der Waals surface area contributed by atoms with Crippen molar-refractivity contribution in [2.45, 2.75) is 6.42 Å². The van der Waals surface area contributed by atoms with Gasteiger partial charge in [-0.2, -0.15) is 5.10 Å². The SMILES string of the molecule is CNc1cnccc1C(=O)NCCc1ncn(C)n1. The number of hydrogen-bond acceptors (Lipinski definition) is 5. The summed E-state index contributed by atoms with van der Waals surface area (Å²) >= 11 is 0. The van der Waals surface area contributed by atoms with Crippen LogP contribution in [0.25, 0.3) is 0 Å². The van der Waals surface area contributed by atoms with Gasteiger partial charge in [0.1, 0.15) is 6.33 Å². The van der Waals surface area contributed by atoms with Crippen LogP contribution in [0, 0.1) is 0 Å². The van der Waals surface area contributed by atoms with Gasteiger partial charge in [-0.05, 0) is 6.07 Å². The molecule has 100 valence electrons. The van der Waals surface area contributed by atoms with Crippen LogP contribution in [0.3, 0.4) is 0 Å². The van der Waals surface area contributed by atoms with E-state index < -0.39 is 0 Å². The first-order valence-corrected chi connectivity index (χ1v) is 5.95. The maximum Gasteiger partial charge on any atom is 0.253 e. The lowest BCUT2D eigenvalue weighted by atomic mass is 10.2. The van der Waals surface area contributed by atoms with Crippen molar-refractivity contribution in [3.05, 3.63) is 36.2 Å². The Balaban J connectivity index is 1.90. The highest BCUT2D eigenvalue weighted by Gasteiger charge is 2.10. The molecular weight excluding hydrogens is 244 g/mol. The molecule has 7 nitrogen and oxygen atoms in total. The molecule has 2 N–H and O–H groups in total. The number of aromatic nitrogens is 4. The van der Waals surface area contributed by atoms with Gasteiger partial charge in [0.2, 0.25) is 0 Å². The van der Waals surface area contributed by atoms with E-state index in [1.54, 1.807) is 36.5 Å². The summed E-state index contributed by atoms with van der Waals surface area (Å²) in [5.41, 5.74) is 1.28. The molecule has 2 aromatic heterocycles. The predicted octanol–water partition coefficient (Wildman–Crippen LogP) is 0.224. The van der Waals surface area contributed by atoms with Crippen molar-refractivity contribution >= 4 is 11.6 Å². The summed E-state index contributed by atoms with van der Waals surface area (Å²) in [4.78, 5) is 20.1. The van der Waals surface area contributed by atoms with Crippen LogP contribution in [-0.2, 0) is 13.5 Å². The lowest BCUT2D eigenvalue weighted by molar-refractivity contribution is 0.0954. The second-order valence-corrected chi connectivity index (χ2v) is 4.01. The molecule has 0 atom stereocenters. The third kappa shape index (κ3) is 3.27. The van der Waals surface area contributed by atoms with Crippen LogP contribution in [0.15, 0.2) is 24.8 Å². The van der Waals surface area contributed by atoms with Gasteiger partial charge in [-0.15, -0.1) is 0 Å². The molecule has 0 saturated heterocycles. The Bertz CT molecular complexity index is 565. The summed E-state index contributed by atoms with van der Waals surface area (Å²) in [6.07, 6.45) is 5.46. The fraction of sp³-hybridized carbons (Fsp3) is 0.333. The van der Waals surface area contributed by atoms with E-state index in [9.17, 15) is 4.79 Å². The van der Waals surface area contributed by atoms with Crippen LogP contribution in [0.1, 0.15) is 16.2 Å². The van der Waals surface area contributed by atoms with Crippen LogP contribution in [0.5, 0.6) is 0 Å². The molecule has 0 aliphatic carbocycles. The smallest absolute Gasteiger partial charge is 0.253 e. The van der Waals surface area contributed by atoms with Crippen molar-refractivity contribution in [3.8, 4) is 0 Å². The van der Waals surface area contributed by atoms with E-state index in [0.29, 0.717) is 30.0 Å². The topological polar surface area (TPSA) is 84.7 Å². The maximum atomic E-state index is 12.0. The Kier molecular flexibility index (Phi) is 4.07. The van der Waals surface area contributed by atoms with Gasteiger partial charge in [-0.3, -0.25) is 14.5 Å².